The first-order valence-electron chi connectivity index (χ1n) is 4.47. The normalized spacial score (nSPS) is 15.7. The molecule has 4 nitrogen and oxygen atoms in total. The Bertz CT molecular complexity index is 400. The number of aliphatic hydroxyl groups is 3. The molecule has 3 N–H and O–H groups in total. The average molecular weight is 272 g/mol. The highest BCUT2D eigenvalue weighted by Gasteiger charge is 2.34. The summed E-state index contributed by atoms with van der Waals surface area (Å²) in [7, 11) is 0. The van der Waals surface area contributed by atoms with Gasteiger partial charge in [0.1, 0.15) is 23.1 Å². The van der Waals surface area contributed by atoms with Gasteiger partial charge in [-0.05, 0) is 17.7 Å². The van der Waals surface area contributed by atoms with Crippen LogP contribution in [-0.4, -0.2) is 33.0 Å². The van der Waals surface area contributed by atoms with Gasteiger partial charge in [0.25, 0.3) is 0 Å². The van der Waals surface area contributed by atoms with E-state index in [1.807, 2.05) is 0 Å². The molecule has 1 aromatic rings. The number of rotatable bonds is 3. The van der Waals surface area contributed by atoms with E-state index >= 15 is 0 Å². The molecule has 2 atom stereocenters. The first-order chi connectivity index (χ1) is 7.75. The van der Waals surface area contributed by atoms with Gasteiger partial charge in [-0.2, -0.15) is 13.2 Å². The Morgan fingerprint density at radius 1 is 1.29 bits per heavy atom. The molecule has 0 fully saturated rings. The molecule has 2 unspecified atom stereocenters. The summed E-state index contributed by atoms with van der Waals surface area (Å²) in [5.74, 6) is 0. The predicted octanol–water partition coefficient (Wildman–Crippen LogP) is 1.14. The van der Waals surface area contributed by atoms with E-state index in [1.54, 1.807) is 0 Å². The van der Waals surface area contributed by atoms with E-state index in [1.165, 1.54) is 0 Å². The van der Waals surface area contributed by atoms with Gasteiger partial charge in [0, 0.05) is 0 Å². The highest BCUT2D eigenvalue weighted by Crippen LogP contribution is 2.31. The van der Waals surface area contributed by atoms with Gasteiger partial charge in [-0.1, -0.05) is 11.6 Å². The quantitative estimate of drug-likeness (QED) is 0.721. The van der Waals surface area contributed by atoms with Gasteiger partial charge < -0.3 is 15.3 Å². The Balaban J connectivity index is 3.14. The van der Waals surface area contributed by atoms with Crippen LogP contribution in [0.1, 0.15) is 17.4 Å². The fourth-order valence-corrected chi connectivity index (χ4v) is 1.37. The number of aromatic nitrogens is 1. The summed E-state index contributed by atoms with van der Waals surface area (Å²) < 4.78 is 37.1. The van der Waals surface area contributed by atoms with Crippen molar-refractivity contribution in [3.05, 3.63) is 28.5 Å². The second-order valence-electron chi connectivity index (χ2n) is 3.30. The molecule has 0 aliphatic heterocycles. The first kappa shape index (κ1) is 14.2. The standard InChI is InChI=1S/C9H9ClF3NO3/c10-7-2-4(8(17)5(16)3-15)1-6(14-7)9(11,12)13/h1-2,5,8,15-17H,3H2. The van der Waals surface area contributed by atoms with Crippen LogP contribution in [0.25, 0.3) is 0 Å². The van der Waals surface area contributed by atoms with Crippen LogP contribution >= 0.6 is 11.6 Å². The van der Waals surface area contributed by atoms with E-state index in [0.29, 0.717) is 6.07 Å². The van der Waals surface area contributed by atoms with Crippen LogP contribution in [0.5, 0.6) is 0 Å². The topological polar surface area (TPSA) is 73.6 Å². The molecule has 0 amide bonds. The number of aliphatic hydroxyl groups excluding tert-OH is 3. The Hall–Kier alpha value is -0.890. The lowest BCUT2D eigenvalue weighted by atomic mass is 10.1. The van der Waals surface area contributed by atoms with Crippen molar-refractivity contribution in [1.82, 2.24) is 4.98 Å². The van der Waals surface area contributed by atoms with Crippen LogP contribution in [0, 0.1) is 0 Å². The summed E-state index contributed by atoms with van der Waals surface area (Å²) in [6, 6.07) is 1.55. The third-order valence-electron chi connectivity index (χ3n) is 2.00. The third-order valence-corrected chi connectivity index (χ3v) is 2.19. The first-order valence-corrected chi connectivity index (χ1v) is 4.85. The Kier molecular flexibility index (Phi) is 4.31. The van der Waals surface area contributed by atoms with Gasteiger partial charge >= 0.3 is 6.18 Å². The SMILES string of the molecule is OCC(O)C(O)c1cc(Cl)nc(C(F)(F)F)c1. The zero-order valence-electron chi connectivity index (χ0n) is 8.32. The van der Waals surface area contributed by atoms with Crippen molar-refractivity contribution in [2.24, 2.45) is 0 Å². The summed E-state index contributed by atoms with van der Waals surface area (Å²) in [6.07, 6.45) is -7.96. The van der Waals surface area contributed by atoms with Crippen molar-refractivity contribution in [3.63, 3.8) is 0 Å². The molecule has 0 bridgehead atoms. The molecule has 8 heteroatoms. The average Bonchev–Trinajstić information content (AvgIpc) is 2.25. The number of alkyl halides is 3. The monoisotopic (exact) mass is 271 g/mol. The summed E-state index contributed by atoms with van der Waals surface area (Å²) in [5, 5.41) is 26.7. The molecule has 1 heterocycles. The Labute approximate surface area is 99.3 Å². The highest BCUT2D eigenvalue weighted by atomic mass is 35.5. The fraction of sp³-hybridized carbons (Fsp3) is 0.444. The Morgan fingerprint density at radius 3 is 2.35 bits per heavy atom. The van der Waals surface area contributed by atoms with Crippen molar-refractivity contribution in [3.8, 4) is 0 Å². The van der Waals surface area contributed by atoms with Crippen molar-refractivity contribution in [1.29, 1.82) is 0 Å². The highest BCUT2D eigenvalue weighted by molar-refractivity contribution is 6.29. The summed E-state index contributed by atoms with van der Waals surface area (Å²) >= 11 is 5.38. The van der Waals surface area contributed by atoms with Crippen LogP contribution in [0.15, 0.2) is 12.1 Å². The second-order valence-corrected chi connectivity index (χ2v) is 3.69. The molecule has 1 rings (SSSR count). The van der Waals surface area contributed by atoms with Crippen molar-refractivity contribution < 1.29 is 28.5 Å². The summed E-state index contributed by atoms with van der Waals surface area (Å²) in [4.78, 5) is 3.06. The zero-order chi connectivity index (χ0) is 13.2. The fourth-order valence-electron chi connectivity index (χ4n) is 1.15. The van der Waals surface area contributed by atoms with Gasteiger partial charge in [-0.25, -0.2) is 4.98 Å². The molecule has 17 heavy (non-hydrogen) atoms. The molecule has 0 aliphatic rings. The predicted molar refractivity (Wildman–Crippen MR) is 52.3 cm³/mol. The minimum Gasteiger partial charge on any atom is -0.394 e. The van der Waals surface area contributed by atoms with E-state index in [4.69, 9.17) is 21.8 Å². The molecule has 1 aromatic heterocycles. The number of hydrogen-bond donors (Lipinski definition) is 3. The summed E-state index contributed by atoms with van der Waals surface area (Å²) in [6.45, 7) is -0.789. The van der Waals surface area contributed by atoms with E-state index in [9.17, 15) is 18.3 Å². The maximum Gasteiger partial charge on any atom is 0.433 e. The van der Waals surface area contributed by atoms with E-state index < -0.39 is 35.8 Å². The number of pyridine rings is 1. The van der Waals surface area contributed by atoms with E-state index in [2.05, 4.69) is 4.98 Å². The van der Waals surface area contributed by atoms with Crippen molar-refractivity contribution in [2.75, 3.05) is 6.61 Å². The third kappa shape index (κ3) is 3.53. The molecule has 0 aliphatic carbocycles. The second kappa shape index (κ2) is 5.18. The van der Waals surface area contributed by atoms with Crippen LogP contribution in [0.4, 0.5) is 13.2 Å². The van der Waals surface area contributed by atoms with Gasteiger partial charge in [0.2, 0.25) is 0 Å². The van der Waals surface area contributed by atoms with Crippen LogP contribution in [-0.2, 0) is 6.18 Å². The van der Waals surface area contributed by atoms with Crippen LogP contribution in [0.3, 0.4) is 0 Å². The minimum absolute atomic E-state index is 0.265. The van der Waals surface area contributed by atoms with Crippen LogP contribution in [0.2, 0.25) is 5.15 Å². The lowest BCUT2D eigenvalue weighted by Crippen LogP contribution is -2.22. The molecular formula is C9H9ClF3NO3. The lowest BCUT2D eigenvalue weighted by Gasteiger charge is -2.17. The maximum atomic E-state index is 12.4. The molecule has 0 saturated heterocycles. The number of hydrogen-bond acceptors (Lipinski definition) is 4. The van der Waals surface area contributed by atoms with Gasteiger partial charge in [-0.15, -0.1) is 0 Å². The molecule has 0 radical (unpaired) electrons. The lowest BCUT2D eigenvalue weighted by molar-refractivity contribution is -0.141. The van der Waals surface area contributed by atoms with E-state index in [-0.39, 0.29) is 5.56 Å². The van der Waals surface area contributed by atoms with Gasteiger partial charge in [-0.3, -0.25) is 0 Å². The molecule has 0 spiro atoms. The van der Waals surface area contributed by atoms with Crippen molar-refractivity contribution >= 4 is 11.6 Å². The smallest absolute Gasteiger partial charge is 0.394 e. The largest absolute Gasteiger partial charge is 0.433 e. The van der Waals surface area contributed by atoms with Crippen LogP contribution < -0.4 is 0 Å². The minimum atomic E-state index is -4.70. The number of nitrogens with zero attached hydrogens (tertiary/aromatic N) is 1. The molecule has 0 aromatic carbocycles. The van der Waals surface area contributed by atoms with Crippen molar-refractivity contribution in [2.45, 2.75) is 18.4 Å². The molecule has 96 valence electrons. The van der Waals surface area contributed by atoms with E-state index in [0.717, 1.165) is 6.07 Å². The number of halogens is 4. The summed E-state index contributed by atoms with van der Waals surface area (Å²) in [5.41, 5.74) is -1.54. The molecule has 0 saturated carbocycles. The van der Waals surface area contributed by atoms with Gasteiger partial charge in [0.15, 0.2) is 0 Å². The molecular weight excluding hydrogens is 263 g/mol. The maximum absolute atomic E-state index is 12.4. The Morgan fingerprint density at radius 2 is 1.88 bits per heavy atom. The zero-order valence-corrected chi connectivity index (χ0v) is 9.07. The van der Waals surface area contributed by atoms with Gasteiger partial charge in [0.05, 0.1) is 6.61 Å².